The molecule has 6 nitrogen and oxygen atoms in total. The van der Waals surface area contributed by atoms with Crippen molar-refractivity contribution in [2.45, 2.75) is 78.3 Å². The van der Waals surface area contributed by atoms with Crippen LogP contribution in [0.1, 0.15) is 70.3 Å². The number of hydrogen-bond acceptors (Lipinski definition) is 3. The van der Waals surface area contributed by atoms with Crippen LogP contribution in [-0.2, 0) is 6.42 Å². The van der Waals surface area contributed by atoms with E-state index >= 15 is 0 Å². The Hall–Kier alpha value is -2.37. The van der Waals surface area contributed by atoms with Crippen molar-refractivity contribution in [3.63, 3.8) is 0 Å². The molecule has 0 aliphatic heterocycles. The fourth-order valence-electron chi connectivity index (χ4n) is 3.96. The molecule has 2 amide bonds. The van der Waals surface area contributed by atoms with Gasteiger partial charge in [0.1, 0.15) is 11.6 Å². The van der Waals surface area contributed by atoms with Crippen LogP contribution in [0.25, 0.3) is 11.3 Å². The van der Waals surface area contributed by atoms with Gasteiger partial charge in [-0.2, -0.15) is 0 Å². The molecule has 1 saturated carbocycles. The minimum absolute atomic E-state index is 0.168. The summed E-state index contributed by atoms with van der Waals surface area (Å²) in [5.41, 5.74) is 3.29. The molecule has 0 bridgehead atoms. The minimum Gasteiger partial charge on any atom is -0.335 e. The van der Waals surface area contributed by atoms with Gasteiger partial charge in [0.25, 0.3) is 0 Å². The molecule has 1 aliphatic carbocycles. The fourth-order valence-corrected chi connectivity index (χ4v) is 3.96. The molecule has 146 valence electrons. The highest BCUT2D eigenvalue weighted by Gasteiger charge is 2.18. The van der Waals surface area contributed by atoms with E-state index in [9.17, 15) is 4.79 Å². The molecule has 6 heteroatoms. The molecule has 0 unspecified atom stereocenters. The van der Waals surface area contributed by atoms with E-state index < -0.39 is 0 Å². The van der Waals surface area contributed by atoms with Gasteiger partial charge in [0.15, 0.2) is 0 Å². The van der Waals surface area contributed by atoms with Crippen molar-refractivity contribution in [1.82, 2.24) is 19.9 Å². The normalized spacial score (nSPS) is 15.1. The topological polar surface area (TPSA) is 71.8 Å². The van der Waals surface area contributed by atoms with Gasteiger partial charge < -0.3 is 9.88 Å². The molecule has 1 fully saturated rings. The number of imidazole rings is 1. The van der Waals surface area contributed by atoms with E-state index in [1.54, 1.807) is 0 Å². The van der Waals surface area contributed by atoms with Crippen molar-refractivity contribution in [3.05, 3.63) is 29.8 Å². The van der Waals surface area contributed by atoms with Crippen LogP contribution < -0.4 is 10.6 Å². The Morgan fingerprint density at radius 2 is 1.96 bits per heavy atom. The van der Waals surface area contributed by atoms with Crippen LogP contribution in [0, 0.1) is 6.92 Å². The zero-order chi connectivity index (χ0) is 19.4. The molecular formula is C21H31N5O. The molecule has 2 N–H and O–H groups in total. The molecule has 2 aromatic heterocycles. The summed E-state index contributed by atoms with van der Waals surface area (Å²) >= 11 is 0. The largest absolute Gasteiger partial charge is 0.335 e. The molecule has 0 saturated heterocycles. The molecular weight excluding hydrogens is 338 g/mol. The number of nitrogens with zero attached hydrogens (tertiary/aromatic N) is 3. The van der Waals surface area contributed by atoms with Gasteiger partial charge in [-0.15, -0.1) is 0 Å². The first kappa shape index (κ1) is 19.4. The van der Waals surface area contributed by atoms with E-state index in [1.807, 2.05) is 25.4 Å². The number of hydrogen-bond donors (Lipinski definition) is 2. The fraction of sp³-hybridized carbons (Fsp3) is 0.571. The number of urea groups is 1. The van der Waals surface area contributed by atoms with Crippen molar-refractivity contribution < 1.29 is 4.79 Å². The van der Waals surface area contributed by atoms with E-state index in [0.717, 1.165) is 41.9 Å². The van der Waals surface area contributed by atoms with Gasteiger partial charge in [0, 0.05) is 23.8 Å². The second-order valence-corrected chi connectivity index (χ2v) is 7.67. The average Bonchev–Trinajstić information content (AvgIpc) is 3.04. The summed E-state index contributed by atoms with van der Waals surface area (Å²) in [6.45, 7) is 8.45. The summed E-state index contributed by atoms with van der Waals surface area (Å²) < 4.78 is 2.22. The predicted molar refractivity (Wildman–Crippen MR) is 109 cm³/mol. The zero-order valence-electron chi connectivity index (χ0n) is 16.9. The molecule has 27 heavy (non-hydrogen) atoms. The molecule has 0 spiro atoms. The molecule has 0 aromatic carbocycles. The Bertz CT molecular complexity index is 790. The van der Waals surface area contributed by atoms with Gasteiger partial charge in [-0.25, -0.2) is 14.8 Å². The summed E-state index contributed by atoms with van der Waals surface area (Å²) in [5, 5.41) is 6.00. The Labute approximate surface area is 161 Å². The average molecular weight is 370 g/mol. The van der Waals surface area contributed by atoms with Crippen molar-refractivity contribution in [2.75, 3.05) is 5.32 Å². The number of aromatic nitrogens is 3. The van der Waals surface area contributed by atoms with Crippen molar-refractivity contribution >= 4 is 11.8 Å². The first-order valence-electron chi connectivity index (χ1n) is 10.1. The number of nitrogens with one attached hydrogen (secondary N) is 2. The third kappa shape index (κ3) is 4.49. The minimum atomic E-state index is -0.168. The lowest BCUT2D eigenvalue weighted by molar-refractivity contribution is 0.244. The van der Waals surface area contributed by atoms with Gasteiger partial charge in [-0.1, -0.05) is 26.2 Å². The second kappa shape index (κ2) is 8.55. The van der Waals surface area contributed by atoms with Gasteiger partial charge in [-0.3, -0.25) is 5.32 Å². The third-order valence-electron chi connectivity index (χ3n) is 5.32. The van der Waals surface area contributed by atoms with Gasteiger partial charge in [-0.05, 0) is 51.7 Å². The van der Waals surface area contributed by atoms with E-state index in [0.29, 0.717) is 11.9 Å². The number of rotatable bonds is 5. The monoisotopic (exact) mass is 369 g/mol. The standard InChI is InChI=1S/C21H31N5O/c1-5-16-12-23-20(25-21(27)24-17-9-7-6-8-10-17)11-18(16)19-13-22-15(4)26(19)14(2)3/h11-14,17H,5-10H2,1-4H3,(H2,23,24,25,27). The van der Waals surface area contributed by atoms with Crippen LogP contribution in [0.3, 0.4) is 0 Å². The molecule has 0 atom stereocenters. The van der Waals surface area contributed by atoms with Crippen LogP contribution in [0.15, 0.2) is 18.5 Å². The maximum absolute atomic E-state index is 12.4. The SMILES string of the molecule is CCc1cnc(NC(=O)NC2CCCCC2)cc1-c1cnc(C)n1C(C)C. The maximum Gasteiger partial charge on any atom is 0.320 e. The van der Waals surface area contributed by atoms with E-state index in [-0.39, 0.29) is 12.1 Å². The number of amides is 2. The first-order chi connectivity index (χ1) is 13.0. The summed E-state index contributed by atoms with van der Waals surface area (Å²) in [7, 11) is 0. The number of carbonyl (C=O) groups is 1. The number of pyridine rings is 1. The Kier molecular flexibility index (Phi) is 6.14. The molecule has 3 rings (SSSR count). The first-order valence-corrected chi connectivity index (χ1v) is 10.1. The van der Waals surface area contributed by atoms with Crippen molar-refractivity contribution in [3.8, 4) is 11.3 Å². The van der Waals surface area contributed by atoms with Gasteiger partial charge in [0.05, 0.1) is 11.9 Å². The predicted octanol–water partition coefficient (Wildman–Crippen LogP) is 4.85. The highest BCUT2D eigenvalue weighted by Crippen LogP contribution is 2.29. The third-order valence-corrected chi connectivity index (χ3v) is 5.32. The van der Waals surface area contributed by atoms with Gasteiger partial charge in [0.2, 0.25) is 0 Å². The maximum atomic E-state index is 12.4. The van der Waals surface area contributed by atoms with Crippen LogP contribution in [0.4, 0.5) is 10.6 Å². The summed E-state index contributed by atoms with van der Waals surface area (Å²) in [5.74, 6) is 1.56. The Morgan fingerprint density at radius 1 is 1.22 bits per heavy atom. The van der Waals surface area contributed by atoms with Crippen molar-refractivity contribution in [1.29, 1.82) is 0 Å². The molecule has 2 aromatic rings. The summed E-state index contributed by atoms with van der Waals surface area (Å²) in [4.78, 5) is 21.3. The van der Waals surface area contributed by atoms with E-state index in [4.69, 9.17) is 0 Å². The second-order valence-electron chi connectivity index (χ2n) is 7.67. The number of anilines is 1. The number of carbonyl (C=O) groups excluding carboxylic acids is 1. The quantitative estimate of drug-likeness (QED) is 0.791. The smallest absolute Gasteiger partial charge is 0.320 e. The molecule has 2 heterocycles. The number of aryl methyl sites for hydroxylation is 2. The summed E-state index contributed by atoms with van der Waals surface area (Å²) in [6.07, 6.45) is 10.4. The van der Waals surface area contributed by atoms with Crippen LogP contribution in [-0.4, -0.2) is 26.6 Å². The van der Waals surface area contributed by atoms with E-state index in [1.165, 1.54) is 19.3 Å². The highest BCUT2D eigenvalue weighted by molar-refractivity contribution is 5.89. The zero-order valence-corrected chi connectivity index (χ0v) is 16.9. The van der Waals surface area contributed by atoms with Crippen LogP contribution >= 0.6 is 0 Å². The van der Waals surface area contributed by atoms with Gasteiger partial charge >= 0.3 is 6.03 Å². The summed E-state index contributed by atoms with van der Waals surface area (Å²) in [6, 6.07) is 2.39. The van der Waals surface area contributed by atoms with Crippen LogP contribution in [0.2, 0.25) is 0 Å². The lowest BCUT2D eigenvalue weighted by atomic mass is 9.96. The Morgan fingerprint density at radius 3 is 2.63 bits per heavy atom. The van der Waals surface area contributed by atoms with Crippen LogP contribution in [0.5, 0.6) is 0 Å². The Balaban J connectivity index is 1.82. The lowest BCUT2D eigenvalue weighted by Crippen LogP contribution is -2.39. The van der Waals surface area contributed by atoms with Crippen molar-refractivity contribution in [2.24, 2.45) is 0 Å². The highest BCUT2D eigenvalue weighted by atomic mass is 16.2. The van der Waals surface area contributed by atoms with E-state index in [2.05, 4.69) is 45.9 Å². The lowest BCUT2D eigenvalue weighted by Gasteiger charge is -2.23. The molecule has 0 radical (unpaired) electrons. The molecule has 1 aliphatic rings.